The fourth-order valence-corrected chi connectivity index (χ4v) is 3.61. The summed E-state index contributed by atoms with van der Waals surface area (Å²) in [5.41, 5.74) is 3.51. The lowest BCUT2D eigenvalue weighted by atomic mass is 9.79. The minimum Gasteiger partial charge on any atom is -0.389 e. The first-order valence-corrected chi connectivity index (χ1v) is 8.83. The summed E-state index contributed by atoms with van der Waals surface area (Å²) < 4.78 is 0. The largest absolute Gasteiger partial charge is 0.389 e. The van der Waals surface area contributed by atoms with E-state index in [0.717, 1.165) is 28.8 Å². The van der Waals surface area contributed by atoms with Crippen LogP contribution in [0.3, 0.4) is 0 Å². The summed E-state index contributed by atoms with van der Waals surface area (Å²) in [6.45, 7) is 5.28. The van der Waals surface area contributed by atoms with Crippen LogP contribution in [-0.2, 0) is 16.8 Å². The third kappa shape index (κ3) is 3.75. The Kier molecular flexibility index (Phi) is 5.21. The number of hydrogen-bond acceptors (Lipinski definition) is 3. The van der Waals surface area contributed by atoms with Gasteiger partial charge in [0.2, 0.25) is 5.91 Å². The van der Waals surface area contributed by atoms with E-state index in [4.69, 9.17) is 0 Å². The molecule has 3 N–H and O–H groups in total. The van der Waals surface area contributed by atoms with E-state index in [1.54, 1.807) is 0 Å². The number of benzene rings is 2. The van der Waals surface area contributed by atoms with Crippen molar-refractivity contribution >= 4 is 5.91 Å². The van der Waals surface area contributed by atoms with Crippen LogP contribution in [0.25, 0.3) is 0 Å². The maximum atomic E-state index is 12.8. The molecule has 0 aromatic heterocycles. The van der Waals surface area contributed by atoms with Crippen LogP contribution in [-0.4, -0.2) is 30.2 Å². The molecule has 1 aliphatic heterocycles. The molecule has 25 heavy (non-hydrogen) atoms. The molecule has 0 bridgehead atoms. The summed E-state index contributed by atoms with van der Waals surface area (Å²) >= 11 is 0. The number of aliphatic hydroxyl groups excluding tert-OH is 1. The predicted octanol–water partition coefficient (Wildman–Crippen LogP) is 2.21. The highest BCUT2D eigenvalue weighted by molar-refractivity contribution is 5.80. The first-order valence-electron chi connectivity index (χ1n) is 8.83. The van der Waals surface area contributed by atoms with Crippen molar-refractivity contribution in [2.75, 3.05) is 13.1 Å². The Morgan fingerprint density at radius 1 is 1.24 bits per heavy atom. The van der Waals surface area contributed by atoms with Gasteiger partial charge in [-0.15, -0.1) is 0 Å². The van der Waals surface area contributed by atoms with Gasteiger partial charge in [-0.05, 0) is 43.5 Å². The number of amides is 1. The van der Waals surface area contributed by atoms with Crippen LogP contribution in [0.15, 0.2) is 48.5 Å². The highest BCUT2D eigenvalue weighted by atomic mass is 16.3. The fraction of sp³-hybridized carbons (Fsp3) is 0.381. The molecule has 0 aliphatic carbocycles. The number of hydrogen-bond donors (Lipinski definition) is 3. The van der Waals surface area contributed by atoms with Gasteiger partial charge in [-0.2, -0.15) is 0 Å². The highest BCUT2D eigenvalue weighted by Crippen LogP contribution is 2.31. The number of aryl methyl sites for hydroxylation is 2. The summed E-state index contributed by atoms with van der Waals surface area (Å²) in [5, 5.41) is 17.1. The smallest absolute Gasteiger partial charge is 0.225 e. The van der Waals surface area contributed by atoms with Gasteiger partial charge in [0, 0.05) is 6.54 Å². The molecule has 1 saturated heterocycles. The fourth-order valence-electron chi connectivity index (χ4n) is 3.61. The second-order valence-corrected chi connectivity index (χ2v) is 6.96. The lowest BCUT2D eigenvalue weighted by molar-refractivity contribution is -0.125. The molecule has 4 nitrogen and oxygen atoms in total. The normalized spacial score (nSPS) is 23.2. The lowest BCUT2D eigenvalue weighted by Gasteiger charge is -2.43. The van der Waals surface area contributed by atoms with E-state index in [1.165, 1.54) is 0 Å². The first kappa shape index (κ1) is 17.6. The van der Waals surface area contributed by atoms with Crippen LogP contribution in [0.5, 0.6) is 0 Å². The van der Waals surface area contributed by atoms with Crippen LogP contribution < -0.4 is 10.6 Å². The van der Waals surface area contributed by atoms with E-state index in [-0.39, 0.29) is 5.91 Å². The highest BCUT2D eigenvalue weighted by Gasteiger charge is 2.42. The van der Waals surface area contributed by atoms with Gasteiger partial charge in [-0.3, -0.25) is 4.79 Å². The summed E-state index contributed by atoms with van der Waals surface area (Å²) in [7, 11) is 0. The lowest BCUT2D eigenvalue weighted by Crippen LogP contribution is -2.61. The maximum Gasteiger partial charge on any atom is 0.225 e. The quantitative estimate of drug-likeness (QED) is 0.801. The minimum atomic E-state index is -0.735. The summed E-state index contributed by atoms with van der Waals surface area (Å²) in [5.74, 6) is -0.0569. The third-order valence-electron chi connectivity index (χ3n) is 5.11. The molecule has 0 saturated carbocycles. The zero-order valence-electron chi connectivity index (χ0n) is 14.9. The van der Waals surface area contributed by atoms with Gasteiger partial charge in [0.25, 0.3) is 0 Å². The second-order valence-electron chi connectivity index (χ2n) is 6.96. The van der Waals surface area contributed by atoms with E-state index in [1.807, 2.05) is 50.2 Å². The van der Waals surface area contributed by atoms with Crippen molar-refractivity contribution in [2.24, 2.45) is 0 Å². The monoisotopic (exact) mass is 338 g/mol. The third-order valence-corrected chi connectivity index (χ3v) is 5.11. The average molecular weight is 338 g/mol. The number of carbonyl (C=O) groups is 1. The zero-order chi connectivity index (χ0) is 17.9. The van der Waals surface area contributed by atoms with Crippen LogP contribution in [0.2, 0.25) is 0 Å². The second kappa shape index (κ2) is 7.38. The number of rotatable bonds is 4. The molecule has 1 fully saturated rings. The van der Waals surface area contributed by atoms with Gasteiger partial charge in [-0.25, -0.2) is 0 Å². The van der Waals surface area contributed by atoms with Crippen molar-refractivity contribution in [1.82, 2.24) is 10.6 Å². The molecule has 0 radical (unpaired) electrons. The van der Waals surface area contributed by atoms with Crippen molar-refractivity contribution in [2.45, 2.75) is 38.3 Å². The van der Waals surface area contributed by atoms with Gasteiger partial charge < -0.3 is 15.7 Å². The van der Waals surface area contributed by atoms with Crippen LogP contribution in [0, 0.1) is 13.8 Å². The Hall–Kier alpha value is -2.17. The van der Waals surface area contributed by atoms with Crippen LogP contribution in [0.4, 0.5) is 0 Å². The molecular weight excluding hydrogens is 312 g/mol. The summed E-state index contributed by atoms with van der Waals surface area (Å²) in [4.78, 5) is 12.8. The Morgan fingerprint density at radius 3 is 2.72 bits per heavy atom. The van der Waals surface area contributed by atoms with Crippen molar-refractivity contribution in [1.29, 1.82) is 0 Å². The SMILES string of the molecule is Cc1ccc(C)c(CC(=O)N[C@]2(c3ccccc3)CCNC[C@H]2O)c1. The standard InChI is InChI=1S/C21H26N2O2/c1-15-8-9-16(2)17(12-15)13-20(25)23-21(10-11-22-14-19(21)24)18-6-4-3-5-7-18/h3-9,12,19,22,24H,10-11,13-14H2,1-2H3,(H,23,25)/t19-,21+/m1/s1. The van der Waals surface area contributed by atoms with Gasteiger partial charge in [0.05, 0.1) is 18.1 Å². The molecular formula is C21H26N2O2. The molecule has 1 amide bonds. The Bertz CT molecular complexity index is 745. The van der Waals surface area contributed by atoms with Gasteiger partial charge in [0.1, 0.15) is 0 Å². The Morgan fingerprint density at radius 2 is 2.00 bits per heavy atom. The summed E-state index contributed by atoms with van der Waals surface area (Å²) in [6.07, 6.45) is 0.324. The van der Waals surface area contributed by atoms with Gasteiger partial charge in [-0.1, -0.05) is 54.1 Å². The van der Waals surface area contributed by atoms with Crippen molar-refractivity contribution in [3.8, 4) is 0 Å². The predicted molar refractivity (Wildman–Crippen MR) is 99.4 cm³/mol. The molecule has 4 heteroatoms. The van der Waals surface area contributed by atoms with E-state index in [0.29, 0.717) is 19.4 Å². The molecule has 132 valence electrons. The van der Waals surface area contributed by atoms with E-state index in [2.05, 4.69) is 22.8 Å². The number of nitrogens with one attached hydrogen (secondary N) is 2. The molecule has 1 heterocycles. The number of aliphatic hydroxyl groups is 1. The van der Waals surface area contributed by atoms with Gasteiger partial charge >= 0.3 is 0 Å². The molecule has 0 unspecified atom stereocenters. The molecule has 0 spiro atoms. The van der Waals surface area contributed by atoms with E-state index >= 15 is 0 Å². The first-order chi connectivity index (χ1) is 12.0. The minimum absolute atomic E-state index is 0.0569. The molecule has 2 atom stereocenters. The molecule has 1 aliphatic rings. The van der Waals surface area contributed by atoms with Crippen molar-refractivity contribution in [3.05, 3.63) is 70.8 Å². The summed E-state index contributed by atoms with van der Waals surface area (Å²) in [6, 6.07) is 16.0. The topological polar surface area (TPSA) is 61.4 Å². The Balaban J connectivity index is 1.85. The van der Waals surface area contributed by atoms with Gasteiger partial charge in [0.15, 0.2) is 0 Å². The number of carbonyl (C=O) groups excluding carboxylic acids is 1. The van der Waals surface area contributed by atoms with Crippen molar-refractivity contribution in [3.63, 3.8) is 0 Å². The van der Waals surface area contributed by atoms with E-state index in [9.17, 15) is 9.90 Å². The number of β-amino-alcohol motifs (C(OH)–C–C–N with tert-alkyl or cyclic N) is 1. The maximum absolute atomic E-state index is 12.8. The van der Waals surface area contributed by atoms with Crippen LogP contribution >= 0.6 is 0 Å². The zero-order valence-corrected chi connectivity index (χ0v) is 14.9. The molecule has 2 aromatic rings. The van der Waals surface area contributed by atoms with Crippen LogP contribution in [0.1, 0.15) is 28.7 Å². The number of piperidine rings is 1. The van der Waals surface area contributed by atoms with E-state index < -0.39 is 11.6 Å². The Labute approximate surface area is 149 Å². The van der Waals surface area contributed by atoms with Crippen molar-refractivity contribution < 1.29 is 9.90 Å². The molecule has 2 aromatic carbocycles. The average Bonchev–Trinajstić information content (AvgIpc) is 2.61. The molecule has 3 rings (SSSR count).